The third-order valence-corrected chi connectivity index (χ3v) is 4.96. The Hall–Kier alpha value is -2.66. The van der Waals surface area contributed by atoms with E-state index in [0.717, 1.165) is 22.6 Å². The molecule has 1 aromatic heterocycles. The molecule has 0 spiro atoms. The summed E-state index contributed by atoms with van der Waals surface area (Å²) in [5, 5.41) is 3.41. The number of hydrogen-bond acceptors (Lipinski definition) is 4. The van der Waals surface area contributed by atoms with Gasteiger partial charge in [0, 0.05) is 10.4 Å². The smallest absolute Gasteiger partial charge is 0.264 e. The molecule has 3 rings (SSSR count). The van der Waals surface area contributed by atoms with Crippen LogP contribution < -0.4 is 10.1 Å². The number of aromatic nitrogens is 1. The van der Waals surface area contributed by atoms with E-state index in [4.69, 9.17) is 4.74 Å². The van der Waals surface area contributed by atoms with E-state index in [1.165, 1.54) is 22.5 Å². The summed E-state index contributed by atoms with van der Waals surface area (Å²) in [6.07, 6.45) is 0.980. The van der Waals surface area contributed by atoms with Gasteiger partial charge in [0.25, 0.3) is 5.91 Å². The van der Waals surface area contributed by atoms with Crippen molar-refractivity contribution in [2.45, 2.75) is 27.2 Å². The summed E-state index contributed by atoms with van der Waals surface area (Å²) in [4.78, 5) is 17.8. The predicted molar refractivity (Wildman–Crippen MR) is 107 cm³/mol. The van der Waals surface area contributed by atoms with Gasteiger partial charge in [0.2, 0.25) is 0 Å². The highest BCUT2D eigenvalue weighted by Gasteiger charge is 2.12. The Morgan fingerprint density at radius 2 is 1.77 bits per heavy atom. The Labute approximate surface area is 157 Å². The lowest BCUT2D eigenvalue weighted by Crippen LogP contribution is -2.20. The van der Waals surface area contributed by atoms with Gasteiger partial charge >= 0.3 is 0 Å². The van der Waals surface area contributed by atoms with Crippen LogP contribution >= 0.6 is 11.3 Å². The van der Waals surface area contributed by atoms with E-state index in [1.807, 2.05) is 43.3 Å². The number of nitrogens with one attached hydrogen (secondary N) is 1. The van der Waals surface area contributed by atoms with E-state index in [-0.39, 0.29) is 12.5 Å². The highest BCUT2D eigenvalue weighted by molar-refractivity contribution is 7.16. The second-order valence-electron chi connectivity index (χ2n) is 6.12. The van der Waals surface area contributed by atoms with Crippen molar-refractivity contribution in [3.63, 3.8) is 0 Å². The molecule has 3 aromatic rings. The molecular weight excluding hydrogens is 344 g/mol. The number of benzene rings is 2. The first-order valence-corrected chi connectivity index (χ1v) is 9.43. The Morgan fingerprint density at radius 3 is 2.42 bits per heavy atom. The summed E-state index contributed by atoms with van der Waals surface area (Å²) in [6, 6.07) is 16.0. The number of amides is 1. The number of aryl methyl sites for hydroxylation is 3. The highest BCUT2D eigenvalue weighted by atomic mass is 32.1. The average Bonchev–Trinajstić information content (AvgIpc) is 3.01. The molecule has 0 aliphatic rings. The van der Waals surface area contributed by atoms with Crippen molar-refractivity contribution >= 4 is 22.4 Å². The molecule has 0 fully saturated rings. The molecule has 0 saturated heterocycles. The first-order valence-electron chi connectivity index (χ1n) is 8.61. The van der Waals surface area contributed by atoms with Gasteiger partial charge < -0.3 is 4.74 Å². The molecule has 0 unspecified atom stereocenters. The van der Waals surface area contributed by atoms with Crippen LogP contribution in [-0.2, 0) is 11.2 Å². The summed E-state index contributed by atoms with van der Waals surface area (Å²) in [7, 11) is 0. The second-order valence-corrected chi connectivity index (χ2v) is 7.33. The van der Waals surface area contributed by atoms with E-state index in [0.29, 0.717) is 10.9 Å². The fourth-order valence-electron chi connectivity index (χ4n) is 2.55. The molecule has 5 heteroatoms. The number of rotatable bonds is 6. The molecule has 0 saturated carbocycles. The fourth-order valence-corrected chi connectivity index (χ4v) is 3.41. The van der Waals surface area contributed by atoms with Gasteiger partial charge in [0.15, 0.2) is 11.7 Å². The normalized spacial score (nSPS) is 10.6. The van der Waals surface area contributed by atoms with Gasteiger partial charge in [0.05, 0.1) is 5.69 Å². The summed E-state index contributed by atoms with van der Waals surface area (Å²) in [6.45, 7) is 6.13. The monoisotopic (exact) mass is 366 g/mol. The minimum atomic E-state index is -0.214. The molecule has 2 aromatic carbocycles. The van der Waals surface area contributed by atoms with Crippen LogP contribution in [0.3, 0.4) is 0 Å². The zero-order chi connectivity index (χ0) is 18.5. The lowest BCUT2D eigenvalue weighted by atomic mass is 10.1. The van der Waals surface area contributed by atoms with Crippen LogP contribution in [0.2, 0.25) is 0 Å². The average molecular weight is 366 g/mol. The van der Waals surface area contributed by atoms with Crippen LogP contribution in [0.1, 0.15) is 22.9 Å². The van der Waals surface area contributed by atoms with Crippen molar-refractivity contribution in [3.8, 4) is 17.0 Å². The summed E-state index contributed by atoms with van der Waals surface area (Å²) < 4.78 is 5.54. The van der Waals surface area contributed by atoms with E-state index in [1.54, 1.807) is 0 Å². The minimum Gasteiger partial charge on any atom is -0.484 e. The van der Waals surface area contributed by atoms with E-state index < -0.39 is 0 Å². The molecule has 26 heavy (non-hydrogen) atoms. The number of ether oxygens (including phenoxy) is 1. The van der Waals surface area contributed by atoms with Crippen LogP contribution in [0.25, 0.3) is 11.3 Å². The first-order chi connectivity index (χ1) is 12.5. The van der Waals surface area contributed by atoms with Crippen LogP contribution in [0, 0.1) is 13.8 Å². The first kappa shape index (κ1) is 18.1. The molecule has 0 aliphatic carbocycles. The van der Waals surface area contributed by atoms with Gasteiger partial charge in [-0.05, 0) is 38.0 Å². The Bertz CT molecular complexity index is 883. The lowest BCUT2D eigenvalue weighted by molar-refractivity contribution is -0.118. The number of carbonyl (C=O) groups is 1. The van der Waals surface area contributed by atoms with E-state index in [9.17, 15) is 4.79 Å². The van der Waals surface area contributed by atoms with Crippen molar-refractivity contribution in [1.29, 1.82) is 0 Å². The second kappa shape index (κ2) is 8.15. The van der Waals surface area contributed by atoms with Crippen molar-refractivity contribution in [2.75, 3.05) is 11.9 Å². The van der Waals surface area contributed by atoms with Crippen molar-refractivity contribution in [1.82, 2.24) is 4.98 Å². The number of thiazole rings is 1. The number of hydrogen-bond donors (Lipinski definition) is 1. The third-order valence-electron chi connectivity index (χ3n) is 4.07. The van der Waals surface area contributed by atoms with E-state index >= 15 is 0 Å². The molecule has 0 bridgehead atoms. The minimum absolute atomic E-state index is 0.0377. The van der Waals surface area contributed by atoms with Gasteiger partial charge in [-0.1, -0.05) is 48.9 Å². The summed E-state index contributed by atoms with van der Waals surface area (Å²) >= 11 is 1.47. The fraction of sp³-hybridized carbons (Fsp3) is 0.238. The quantitative estimate of drug-likeness (QED) is 0.667. The van der Waals surface area contributed by atoms with Crippen LogP contribution in [-0.4, -0.2) is 17.5 Å². The van der Waals surface area contributed by atoms with Crippen LogP contribution in [0.5, 0.6) is 5.75 Å². The Morgan fingerprint density at radius 1 is 1.08 bits per heavy atom. The summed E-state index contributed by atoms with van der Waals surface area (Å²) in [5.74, 6) is 0.474. The molecule has 1 heterocycles. The molecule has 1 amide bonds. The molecule has 0 radical (unpaired) electrons. The standard InChI is InChI=1S/C21H22N2O2S/c1-4-16-7-11-18(12-8-16)25-13-19(24)22-21-23-20(15(3)26-21)17-9-5-14(2)6-10-17/h5-12H,4,13H2,1-3H3,(H,22,23,24). The molecular formula is C21H22N2O2S. The molecule has 1 N–H and O–H groups in total. The predicted octanol–water partition coefficient (Wildman–Crippen LogP) is 5.01. The largest absolute Gasteiger partial charge is 0.484 e. The molecule has 0 atom stereocenters. The van der Waals surface area contributed by atoms with Gasteiger partial charge in [-0.3, -0.25) is 10.1 Å². The maximum Gasteiger partial charge on any atom is 0.264 e. The van der Waals surface area contributed by atoms with Crippen molar-refractivity contribution in [2.24, 2.45) is 0 Å². The third kappa shape index (κ3) is 4.49. The molecule has 4 nitrogen and oxygen atoms in total. The number of nitrogens with zero attached hydrogens (tertiary/aromatic N) is 1. The molecule has 0 aliphatic heterocycles. The van der Waals surface area contributed by atoms with Gasteiger partial charge in [-0.25, -0.2) is 4.98 Å². The number of carbonyl (C=O) groups excluding carboxylic acids is 1. The maximum absolute atomic E-state index is 12.1. The lowest BCUT2D eigenvalue weighted by Gasteiger charge is -2.06. The zero-order valence-electron chi connectivity index (χ0n) is 15.2. The number of anilines is 1. The molecule has 134 valence electrons. The van der Waals surface area contributed by atoms with Crippen LogP contribution in [0.4, 0.5) is 5.13 Å². The van der Waals surface area contributed by atoms with E-state index in [2.05, 4.69) is 36.3 Å². The van der Waals surface area contributed by atoms with Gasteiger partial charge in [-0.15, -0.1) is 11.3 Å². The van der Waals surface area contributed by atoms with Gasteiger partial charge in [-0.2, -0.15) is 0 Å². The highest BCUT2D eigenvalue weighted by Crippen LogP contribution is 2.30. The van der Waals surface area contributed by atoms with Gasteiger partial charge in [0.1, 0.15) is 5.75 Å². The van der Waals surface area contributed by atoms with Crippen molar-refractivity contribution in [3.05, 3.63) is 64.5 Å². The van der Waals surface area contributed by atoms with Crippen LogP contribution in [0.15, 0.2) is 48.5 Å². The topological polar surface area (TPSA) is 51.2 Å². The summed E-state index contributed by atoms with van der Waals surface area (Å²) in [5.41, 5.74) is 4.40. The zero-order valence-corrected chi connectivity index (χ0v) is 16.0. The Kier molecular flexibility index (Phi) is 5.68. The van der Waals surface area contributed by atoms with Crippen molar-refractivity contribution < 1.29 is 9.53 Å². The maximum atomic E-state index is 12.1. The Balaban J connectivity index is 1.60. The SMILES string of the molecule is CCc1ccc(OCC(=O)Nc2nc(-c3ccc(C)cc3)c(C)s2)cc1.